The van der Waals surface area contributed by atoms with Gasteiger partial charge in [0, 0.05) is 24.2 Å². The number of likely N-dealkylation sites (N-methyl/N-ethyl adjacent to an activating group) is 1. The first-order valence-corrected chi connectivity index (χ1v) is 11.3. The van der Waals surface area contributed by atoms with Gasteiger partial charge in [0.25, 0.3) is 5.91 Å². The van der Waals surface area contributed by atoms with Gasteiger partial charge in [-0.2, -0.15) is 15.3 Å². The number of carbonyl (C=O) groups is 1. The van der Waals surface area contributed by atoms with Gasteiger partial charge >= 0.3 is 0 Å². The van der Waals surface area contributed by atoms with E-state index in [4.69, 9.17) is 0 Å². The summed E-state index contributed by atoms with van der Waals surface area (Å²) in [5, 5.41) is 15.8. The fraction of sp³-hybridized carbons (Fsp3) is 0.440. The van der Waals surface area contributed by atoms with E-state index in [0.29, 0.717) is 18.8 Å². The Morgan fingerprint density at radius 3 is 2.58 bits per heavy atom. The van der Waals surface area contributed by atoms with E-state index < -0.39 is 11.6 Å². The highest BCUT2D eigenvalue weighted by molar-refractivity contribution is 5.92. The maximum absolute atomic E-state index is 14.4. The second-order valence-corrected chi connectivity index (χ2v) is 9.78. The van der Waals surface area contributed by atoms with E-state index in [1.807, 2.05) is 18.7 Å². The number of fused-ring (bicyclic) bond motifs is 5. The maximum Gasteiger partial charge on any atom is 0.274 e. The van der Waals surface area contributed by atoms with Crippen LogP contribution >= 0.6 is 0 Å². The van der Waals surface area contributed by atoms with Crippen LogP contribution in [0.2, 0.25) is 0 Å². The van der Waals surface area contributed by atoms with Gasteiger partial charge < -0.3 is 4.90 Å². The third kappa shape index (κ3) is 3.03. The van der Waals surface area contributed by atoms with Crippen molar-refractivity contribution >= 4 is 5.91 Å². The highest BCUT2D eigenvalue weighted by Gasteiger charge is 2.64. The molecule has 2 aliphatic rings. The Balaban J connectivity index is 1.56. The summed E-state index contributed by atoms with van der Waals surface area (Å²) >= 11 is 0. The van der Waals surface area contributed by atoms with Crippen LogP contribution in [-0.2, 0) is 5.41 Å². The molecule has 2 bridgehead atoms. The first kappa shape index (κ1) is 21.7. The molecule has 8 heteroatoms. The smallest absolute Gasteiger partial charge is 0.274 e. The molecule has 0 radical (unpaired) electrons. The number of aryl methyl sites for hydroxylation is 1. The second-order valence-electron chi connectivity index (χ2n) is 9.78. The number of nitrogens with zero attached hydrogens (tertiary/aromatic N) is 4. The Morgan fingerprint density at radius 1 is 1.21 bits per heavy atom. The number of hydrogen-bond donors (Lipinski definition) is 1. The van der Waals surface area contributed by atoms with Crippen LogP contribution in [0.5, 0.6) is 0 Å². The number of rotatable bonds is 5. The van der Waals surface area contributed by atoms with E-state index in [-0.39, 0.29) is 33.9 Å². The maximum atomic E-state index is 14.4. The van der Waals surface area contributed by atoms with E-state index >= 15 is 0 Å². The number of halogens is 2. The molecule has 0 saturated heterocycles. The van der Waals surface area contributed by atoms with Crippen LogP contribution in [0.25, 0.3) is 11.3 Å². The molecule has 1 aromatic carbocycles. The second kappa shape index (κ2) is 7.43. The van der Waals surface area contributed by atoms with Crippen LogP contribution in [0.3, 0.4) is 0 Å². The number of amides is 1. The minimum Gasteiger partial charge on any atom is -0.337 e. The number of hydrogen-bond acceptors (Lipinski definition) is 4. The van der Waals surface area contributed by atoms with Gasteiger partial charge in [-0.25, -0.2) is 8.78 Å². The third-order valence-corrected chi connectivity index (χ3v) is 7.89. The zero-order valence-corrected chi connectivity index (χ0v) is 19.2. The molecule has 1 N–H and O–H groups in total. The molecular weight excluding hydrogens is 424 g/mol. The lowest BCUT2D eigenvalue weighted by Crippen LogP contribution is -2.48. The van der Waals surface area contributed by atoms with Gasteiger partial charge in [0.15, 0.2) is 0 Å². The molecule has 0 unspecified atom stereocenters. The Morgan fingerprint density at radius 2 is 1.94 bits per heavy atom. The lowest BCUT2D eigenvalue weighted by atomic mass is 9.68. The molecule has 0 aliphatic heterocycles. The highest BCUT2D eigenvalue weighted by atomic mass is 19.1. The summed E-state index contributed by atoms with van der Waals surface area (Å²) in [6.45, 7) is 9.25. The van der Waals surface area contributed by atoms with E-state index in [0.717, 1.165) is 29.8 Å². The molecule has 172 valence electrons. The monoisotopic (exact) mass is 451 g/mol. The highest BCUT2D eigenvalue weighted by Crippen LogP contribution is 2.67. The summed E-state index contributed by atoms with van der Waals surface area (Å²) < 4.78 is 28.8. The largest absolute Gasteiger partial charge is 0.337 e. The predicted octanol–water partition coefficient (Wildman–Crippen LogP) is 4.77. The summed E-state index contributed by atoms with van der Waals surface area (Å²) in [5.74, 6) is -1.25. The van der Waals surface area contributed by atoms with Gasteiger partial charge in [0.05, 0.1) is 17.0 Å². The summed E-state index contributed by atoms with van der Waals surface area (Å²) in [5.41, 5.74) is 2.54. The molecule has 2 aliphatic carbocycles. The van der Waals surface area contributed by atoms with Gasteiger partial charge in [-0.1, -0.05) is 19.9 Å². The number of carbonyl (C=O) groups excluding carboxylic acids is 1. The first-order chi connectivity index (χ1) is 15.7. The van der Waals surface area contributed by atoms with E-state index in [1.54, 1.807) is 12.1 Å². The zero-order chi connectivity index (χ0) is 23.5. The fourth-order valence-corrected chi connectivity index (χ4v) is 5.98. The number of nitrogens with one attached hydrogen (secondary N) is 1. The molecule has 1 amide bonds. The van der Waals surface area contributed by atoms with Crippen LogP contribution in [0.4, 0.5) is 8.78 Å². The fourth-order valence-electron chi connectivity index (χ4n) is 5.98. The minimum absolute atomic E-state index is 0.123. The number of benzene rings is 1. The van der Waals surface area contributed by atoms with E-state index in [1.165, 1.54) is 18.2 Å². The minimum atomic E-state index is -0.654. The van der Waals surface area contributed by atoms with Crippen molar-refractivity contribution in [2.75, 3.05) is 13.1 Å². The normalized spacial score (nSPS) is 22.4. The number of aromatic amines is 1. The van der Waals surface area contributed by atoms with Crippen LogP contribution in [0.1, 0.15) is 67.0 Å². The Hall–Kier alpha value is -3.16. The zero-order valence-electron chi connectivity index (χ0n) is 19.2. The molecule has 1 saturated carbocycles. The van der Waals surface area contributed by atoms with Crippen molar-refractivity contribution in [2.24, 2.45) is 5.41 Å². The Bertz CT molecular complexity index is 1230. The van der Waals surface area contributed by atoms with Gasteiger partial charge in [-0.15, -0.1) is 0 Å². The topological polar surface area (TPSA) is 74.8 Å². The summed E-state index contributed by atoms with van der Waals surface area (Å²) in [6, 6.07) is 7.35. The summed E-state index contributed by atoms with van der Waals surface area (Å²) in [7, 11) is 0. The predicted molar refractivity (Wildman–Crippen MR) is 120 cm³/mol. The van der Waals surface area contributed by atoms with Crippen molar-refractivity contribution in [3.8, 4) is 11.3 Å². The molecule has 2 atom stereocenters. The summed E-state index contributed by atoms with van der Waals surface area (Å²) in [6.07, 6.45) is 1.81. The molecule has 5 rings (SSSR count). The van der Waals surface area contributed by atoms with Crippen LogP contribution < -0.4 is 0 Å². The van der Waals surface area contributed by atoms with Crippen molar-refractivity contribution < 1.29 is 13.6 Å². The summed E-state index contributed by atoms with van der Waals surface area (Å²) in [4.78, 5) is 15.0. The third-order valence-electron chi connectivity index (χ3n) is 7.89. The average molecular weight is 452 g/mol. The molecule has 6 nitrogen and oxygen atoms in total. The molecule has 33 heavy (non-hydrogen) atoms. The SMILES string of the molecule is CCN(C[C@@]12CC[C@@H](c3cc(-c4c(F)cccc4F)nnc31)C2(C)C)C(=O)c1cc(C)[nH]n1. The average Bonchev–Trinajstić information content (AvgIpc) is 3.37. The molecule has 2 aromatic heterocycles. The van der Waals surface area contributed by atoms with E-state index in [9.17, 15) is 13.6 Å². The van der Waals surface area contributed by atoms with Gasteiger partial charge in [-0.3, -0.25) is 9.89 Å². The number of aromatic nitrogens is 4. The molecule has 0 spiro atoms. The lowest BCUT2D eigenvalue weighted by molar-refractivity contribution is 0.0646. The van der Waals surface area contributed by atoms with Gasteiger partial charge in [0.2, 0.25) is 0 Å². The van der Waals surface area contributed by atoms with Crippen molar-refractivity contribution in [3.05, 3.63) is 64.6 Å². The standard InChI is InChI=1S/C25H27F2N5O/c1-5-32(23(33)20-11-14(2)28-30-20)13-25-10-9-16(24(25,3)4)15-12-19(29-31-22(15)25)21-17(26)7-6-8-18(21)27/h6-8,11-12,16H,5,9-10,13H2,1-4H3,(H,28,30)/t16-,25-/m0/s1. The van der Waals surface area contributed by atoms with Crippen LogP contribution in [0, 0.1) is 24.0 Å². The van der Waals surface area contributed by atoms with Crippen molar-refractivity contribution in [3.63, 3.8) is 0 Å². The van der Waals surface area contributed by atoms with Gasteiger partial charge in [0.1, 0.15) is 17.3 Å². The molecule has 1 fully saturated rings. The van der Waals surface area contributed by atoms with E-state index in [2.05, 4.69) is 34.2 Å². The first-order valence-electron chi connectivity index (χ1n) is 11.3. The molecular formula is C25H27F2N5O. The quantitative estimate of drug-likeness (QED) is 0.606. The van der Waals surface area contributed by atoms with Gasteiger partial charge in [-0.05, 0) is 67.9 Å². The number of H-pyrrole nitrogens is 1. The van der Waals surface area contributed by atoms with Crippen molar-refractivity contribution in [1.82, 2.24) is 25.3 Å². The Labute approximate surface area is 191 Å². The van der Waals surface area contributed by atoms with Crippen LogP contribution in [0.15, 0.2) is 30.3 Å². The molecule has 3 aromatic rings. The van der Waals surface area contributed by atoms with Crippen molar-refractivity contribution in [1.29, 1.82) is 0 Å². The lowest BCUT2D eigenvalue weighted by Gasteiger charge is -2.41. The van der Waals surface area contributed by atoms with Crippen LogP contribution in [-0.4, -0.2) is 44.3 Å². The van der Waals surface area contributed by atoms with Crippen molar-refractivity contribution in [2.45, 2.75) is 51.9 Å². The molecule has 2 heterocycles. The Kier molecular flexibility index (Phi) is 4.88.